The highest BCUT2D eigenvalue weighted by Crippen LogP contribution is 2.30. The first kappa shape index (κ1) is 21.4. The van der Waals surface area contributed by atoms with Crippen LogP contribution in [0.25, 0.3) is 0 Å². The molecule has 2 amide bonds. The maximum atomic E-state index is 12.9. The van der Waals surface area contributed by atoms with E-state index >= 15 is 0 Å². The highest BCUT2D eigenvalue weighted by atomic mass is 16.5. The fourth-order valence-electron chi connectivity index (χ4n) is 3.91. The smallest absolute Gasteiger partial charge is 0.257 e. The van der Waals surface area contributed by atoms with Crippen LogP contribution in [-0.2, 0) is 0 Å². The molecule has 1 aliphatic rings. The van der Waals surface area contributed by atoms with Gasteiger partial charge in [-0.2, -0.15) is 0 Å². The zero-order valence-corrected chi connectivity index (χ0v) is 18.0. The normalized spacial score (nSPS) is 15.7. The second-order valence-corrected chi connectivity index (χ2v) is 7.71. The van der Waals surface area contributed by atoms with Gasteiger partial charge in [-0.1, -0.05) is 18.2 Å². The summed E-state index contributed by atoms with van der Waals surface area (Å²) in [6.07, 6.45) is 5.00. The van der Waals surface area contributed by atoms with Gasteiger partial charge in [0.05, 0.1) is 18.4 Å². The number of pyridine rings is 1. The van der Waals surface area contributed by atoms with Gasteiger partial charge >= 0.3 is 0 Å². The minimum atomic E-state index is -0.268. The zero-order valence-electron chi connectivity index (χ0n) is 18.0. The van der Waals surface area contributed by atoms with Crippen LogP contribution in [0.2, 0.25) is 0 Å². The quantitative estimate of drug-likeness (QED) is 0.622. The summed E-state index contributed by atoms with van der Waals surface area (Å²) >= 11 is 0. The Morgan fingerprint density at radius 3 is 2.69 bits per heavy atom. The zero-order chi connectivity index (χ0) is 22.3. The summed E-state index contributed by atoms with van der Waals surface area (Å²) in [4.78, 5) is 31.5. The molecule has 0 saturated carbocycles. The predicted molar refractivity (Wildman–Crippen MR) is 124 cm³/mol. The highest BCUT2D eigenvalue weighted by Gasteiger charge is 2.24. The molecule has 164 valence electrons. The number of ether oxygens (including phenoxy) is 1. The van der Waals surface area contributed by atoms with E-state index in [0.29, 0.717) is 23.4 Å². The standard InChI is InChI=1S/C25H26N4O3/c1-32-23-12-3-2-11-22(23)29-14-6-10-21(17-29)28-24(30)18-7-4-9-20(15-18)27-25(31)19-8-5-13-26-16-19/h2-5,7-9,11-13,15-16,21H,6,10,14,17H2,1H3,(H,27,31)(H,28,30). The number of carbonyl (C=O) groups is 2. The fraction of sp³-hybridized carbons (Fsp3) is 0.240. The Kier molecular flexibility index (Phi) is 6.65. The van der Waals surface area contributed by atoms with E-state index in [2.05, 4.69) is 20.5 Å². The molecule has 2 aromatic carbocycles. The van der Waals surface area contributed by atoms with Gasteiger partial charge in [-0.25, -0.2) is 0 Å². The molecule has 3 aromatic rings. The predicted octanol–water partition coefficient (Wildman–Crippen LogP) is 3.74. The van der Waals surface area contributed by atoms with E-state index in [9.17, 15) is 9.59 Å². The number of para-hydroxylation sites is 2. The monoisotopic (exact) mass is 430 g/mol. The summed E-state index contributed by atoms with van der Waals surface area (Å²) in [6, 6.07) is 18.3. The van der Waals surface area contributed by atoms with E-state index in [1.807, 2.05) is 24.3 Å². The summed E-state index contributed by atoms with van der Waals surface area (Å²) in [7, 11) is 1.67. The van der Waals surface area contributed by atoms with E-state index in [1.54, 1.807) is 49.7 Å². The summed E-state index contributed by atoms with van der Waals surface area (Å²) in [5, 5.41) is 5.96. The molecule has 0 aliphatic carbocycles. The summed E-state index contributed by atoms with van der Waals surface area (Å²) in [6.45, 7) is 1.63. The lowest BCUT2D eigenvalue weighted by Crippen LogP contribution is -2.47. The maximum absolute atomic E-state index is 12.9. The van der Waals surface area contributed by atoms with Gasteiger partial charge in [-0.05, 0) is 55.3 Å². The number of aromatic nitrogens is 1. The third kappa shape index (κ3) is 5.06. The topological polar surface area (TPSA) is 83.6 Å². The van der Waals surface area contributed by atoms with Gasteiger partial charge in [-0.15, -0.1) is 0 Å². The van der Waals surface area contributed by atoms with Crippen LogP contribution in [0.1, 0.15) is 33.6 Å². The number of nitrogens with one attached hydrogen (secondary N) is 2. The minimum Gasteiger partial charge on any atom is -0.495 e. The van der Waals surface area contributed by atoms with Gasteiger partial charge in [0.25, 0.3) is 11.8 Å². The molecule has 1 unspecified atom stereocenters. The molecule has 0 bridgehead atoms. The summed E-state index contributed by atoms with van der Waals surface area (Å²) in [5.41, 5.74) is 2.56. The molecule has 1 aliphatic heterocycles. The molecular weight excluding hydrogens is 404 g/mol. The van der Waals surface area contributed by atoms with Crippen LogP contribution >= 0.6 is 0 Å². The number of methoxy groups -OCH3 is 1. The molecular formula is C25H26N4O3. The van der Waals surface area contributed by atoms with Crippen molar-refractivity contribution in [3.8, 4) is 5.75 Å². The van der Waals surface area contributed by atoms with E-state index in [0.717, 1.165) is 30.8 Å². The third-order valence-electron chi connectivity index (χ3n) is 5.49. The van der Waals surface area contributed by atoms with Crippen LogP contribution in [0, 0.1) is 0 Å². The fourth-order valence-corrected chi connectivity index (χ4v) is 3.91. The van der Waals surface area contributed by atoms with Crippen molar-refractivity contribution in [1.29, 1.82) is 0 Å². The largest absolute Gasteiger partial charge is 0.495 e. The van der Waals surface area contributed by atoms with Gasteiger partial charge in [0.15, 0.2) is 0 Å². The molecule has 2 N–H and O–H groups in total. The van der Waals surface area contributed by atoms with Crippen molar-refractivity contribution in [1.82, 2.24) is 10.3 Å². The average Bonchev–Trinajstić information content (AvgIpc) is 2.85. The molecule has 7 heteroatoms. The number of hydrogen-bond acceptors (Lipinski definition) is 5. The summed E-state index contributed by atoms with van der Waals surface area (Å²) in [5.74, 6) is 0.404. The lowest BCUT2D eigenvalue weighted by Gasteiger charge is -2.35. The molecule has 1 saturated heterocycles. The number of amides is 2. The van der Waals surface area contributed by atoms with E-state index in [4.69, 9.17) is 4.74 Å². The lowest BCUT2D eigenvalue weighted by atomic mass is 10.0. The first-order valence-corrected chi connectivity index (χ1v) is 10.6. The SMILES string of the molecule is COc1ccccc1N1CCCC(NC(=O)c2cccc(NC(=O)c3cccnc3)c2)C1. The van der Waals surface area contributed by atoms with Crippen LogP contribution in [0.5, 0.6) is 5.75 Å². The van der Waals surface area contributed by atoms with Crippen molar-refractivity contribution in [2.75, 3.05) is 30.4 Å². The van der Waals surface area contributed by atoms with Gasteiger partial charge in [0.2, 0.25) is 0 Å². The van der Waals surface area contributed by atoms with Crippen molar-refractivity contribution >= 4 is 23.2 Å². The minimum absolute atomic E-state index is 0.0230. The number of benzene rings is 2. The van der Waals surface area contributed by atoms with E-state index in [1.165, 1.54) is 6.20 Å². The number of rotatable bonds is 6. The van der Waals surface area contributed by atoms with Gasteiger partial charge in [0.1, 0.15) is 5.75 Å². The second kappa shape index (κ2) is 9.96. The highest BCUT2D eigenvalue weighted by molar-refractivity contribution is 6.05. The van der Waals surface area contributed by atoms with Crippen molar-refractivity contribution < 1.29 is 14.3 Å². The van der Waals surface area contributed by atoms with Crippen LogP contribution < -0.4 is 20.3 Å². The molecule has 0 spiro atoms. The Hall–Kier alpha value is -3.87. The number of anilines is 2. The molecule has 1 atom stereocenters. The first-order valence-electron chi connectivity index (χ1n) is 10.6. The van der Waals surface area contributed by atoms with Gasteiger partial charge < -0.3 is 20.3 Å². The van der Waals surface area contributed by atoms with Gasteiger partial charge in [0, 0.05) is 42.8 Å². The molecule has 2 heterocycles. The Labute approximate surface area is 187 Å². The van der Waals surface area contributed by atoms with Crippen molar-refractivity contribution in [2.24, 2.45) is 0 Å². The number of carbonyl (C=O) groups excluding carboxylic acids is 2. The van der Waals surface area contributed by atoms with Crippen molar-refractivity contribution in [2.45, 2.75) is 18.9 Å². The Morgan fingerprint density at radius 2 is 1.88 bits per heavy atom. The molecule has 7 nitrogen and oxygen atoms in total. The second-order valence-electron chi connectivity index (χ2n) is 7.71. The Balaban J connectivity index is 1.40. The van der Waals surface area contributed by atoms with Crippen molar-refractivity contribution in [3.05, 3.63) is 84.2 Å². The molecule has 32 heavy (non-hydrogen) atoms. The van der Waals surface area contributed by atoms with Crippen LogP contribution in [0.15, 0.2) is 73.1 Å². The van der Waals surface area contributed by atoms with Crippen molar-refractivity contribution in [3.63, 3.8) is 0 Å². The summed E-state index contributed by atoms with van der Waals surface area (Å²) < 4.78 is 5.49. The Bertz CT molecular complexity index is 1090. The molecule has 1 aromatic heterocycles. The Morgan fingerprint density at radius 1 is 1.03 bits per heavy atom. The van der Waals surface area contributed by atoms with E-state index < -0.39 is 0 Å². The lowest BCUT2D eigenvalue weighted by molar-refractivity contribution is 0.0932. The number of nitrogens with zero attached hydrogens (tertiary/aromatic N) is 2. The average molecular weight is 431 g/mol. The first-order chi connectivity index (χ1) is 15.6. The molecule has 4 rings (SSSR count). The number of piperidine rings is 1. The maximum Gasteiger partial charge on any atom is 0.257 e. The third-order valence-corrected chi connectivity index (χ3v) is 5.49. The van der Waals surface area contributed by atoms with Crippen LogP contribution in [0.3, 0.4) is 0 Å². The molecule has 0 radical (unpaired) electrons. The van der Waals surface area contributed by atoms with Crippen LogP contribution in [-0.4, -0.2) is 43.0 Å². The van der Waals surface area contributed by atoms with Crippen LogP contribution in [0.4, 0.5) is 11.4 Å². The van der Waals surface area contributed by atoms with Gasteiger partial charge in [-0.3, -0.25) is 14.6 Å². The number of hydrogen-bond donors (Lipinski definition) is 2. The van der Waals surface area contributed by atoms with E-state index in [-0.39, 0.29) is 17.9 Å². The molecule has 1 fully saturated rings.